The summed E-state index contributed by atoms with van der Waals surface area (Å²) in [6.07, 6.45) is 1.65. The number of hydrogen-bond acceptors (Lipinski definition) is 2. The lowest BCUT2D eigenvalue weighted by atomic mass is 10.2. The molecule has 2 aromatic rings. The van der Waals surface area contributed by atoms with Gasteiger partial charge >= 0.3 is 6.03 Å². The summed E-state index contributed by atoms with van der Waals surface area (Å²) in [5, 5.41) is 3.05. The number of nitrogens with zero attached hydrogens (tertiary/aromatic N) is 1. The van der Waals surface area contributed by atoms with Gasteiger partial charge in [-0.1, -0.05) is 29.8 Å². The molecule has 0 bridgehead atoms. The van der Waals surface area contributed by atoms with Gasteiger partial charge in [-0.3, -0.25) is 4.79 Å². The van der Waals surface area contributed by atoms with Crippen molar-refractivity contribution in [2.24, 2.45) is 0 Å². The molecule has 1 N–H and O–H groups in total. The largest absolute Gasteiger partial charge is 0.333 e. The molecule has 1 heterocycles. The molecule has 0 atom stereocenters. The lowest BCUT2D eigenvalue weighted by Crippen LogP contribution is -2.30. The first-order valence-corrected chi connectivity index (χ1v) is 7.88. The van der Waals surface area contributed by atoms with E-state index in [4.69, 9.17) is 11.6 Å². The number of anilines is 1. The Labute approximate surface area is 145 Å². The number of carbonyl (C=O) groups is 2. The maximum absolute atomic E-state index is 12.4. The van der Waals surface area contributed by atoms with Crippen molar-refractivity contribution in [2.75, 3.05) is 4.90 Å². The van der Waals surface area contributed by atoms with E-state index in [9.17, 15) is 9.59 Å². The quantitative estimate of drug-likeness (QED) is 0.449. The number of imide groups is 1. The molecule has 22 heavy (non-hydrogen) atoms. The standard InChI is InChI=1S/C16H10ClIN2O2/c17-11-2-1-3-13(9-11)20-15(21)14(19-16(20)22)8-10-4-6-12(18)7-5-10/h1-9H,(H,19,22). The zero-order valence-corrected chi connectivity index (χ0v) is 14.1. The van der Waals surface area contributed by atoms with Gasteiger partial charge < -0.3 is 5.32 Å². The molecule has 0 radical (unpaired) electrons. The van der Waals surface area contributed by atoms with E-state index >= 15 is 0 Å². The Bertz CT molecular complexity index is 787. The maximum Gasteiger partial charge on any atom is 0.333 e. The molecule has 0 unspecified atom stereocenters. The molecule has 0 aliphatic carbocycles. The monoisotopic (exact) mass is 424 g/mol. The topological polar surface area (TPSA) is 49.4 Å². The fourth-order valence-corrected chi connectivity index (χ4v) is 2.65. The normalized spacial score (nSPS) is 16.3. The van der Waals surface area contributed by atoms with Gasteiger partial charge in [-0.2, -0.15) is 0 Å². The lowest BCUT2D eigenvalue weighted by Gasteiger charge is -2.11. The van der Waals surface area contributed by atoms with Crippen LogP contribution in [0.1, 0.15) is 5.56 Å². The molecule has 0 spiro atoms. The first-order chi connectivity index (χ1) is 10.5. The van der Waals surface area contributed by atoms with Gasteiger partial charge in [0.15, 0.2) is 0 Å². The molecular formula is C16H10ClIN2O2. The van der Waals surface area contributed by atoms with Crippen molar-refractivity contribution in [2.45, 2.75) is 0 Å². The van der Waals surface area contributed by atoms with Crippen LogP contribution in [0.2, 0.25) is 5.02 Å². The average molecular weight is 425 g/mol. The summed E-state index contributed by atoms with van der Waals surface area (Å²) in [4.78, 5) is 25.6. The van der Waals surface area contributed by atoms with Crippen LogP contribution in [0.5, 0.6) is 0 Å². The zero-order chi connectivity index (χ0) is 15.7. The van der Waals surface area contributed by atoms with E-state index in [1.54, 1.807) is 30.3 Å². The van der Waals surface area contributed by atoms with Crippen molar-refractivity contribution < 1.29 is 9.59 Å². The highest BCUT2D eigenvalue weighted by Gasteiger charge is 2.34. The van der Waals surface area contributed by atoms with E-state index in [-0.39, 0.29) is 5.70 Å². The lowest BCUT2D eigenvalue weighted by molar-refractivity contribution is -0.113. The van der Waals surface area contributed by atoms with Crippen molar-refractivity contribution in [1.29, 1.82) is 0 Å². The fourth-order valence-electron chi connectivity index (χ4n) is 2.11. The van der Waals surface area contributed by atoms with Crippen LogP contribution in [0.15, 0.2) is 54.2 Å². The third kappa shape index (κ3) is 3.00. The predicted octanol–water partition coefficient (Wildman–Crippen LogP) is 4.04. The summed E-state index contributed by atoms with van der Waals surface area (Å²) < 4.78 is 1.10. The summed E-state index contributed by atoms with van der Waals surface area (Å²) in [6, 6.07) is 13.8. The number of amides is 3. The van der Waals surface area contributed by atoms with Crippen LogP contribution >= 0.6 is 34.2 Å². The van der Waals surface area contributed by atoms with Crippen LogP contribution in [0.4, 0.5) is 10.5 Å². The van der Waals surface area contributed by atoms with Crippen molar-refractivity contribution in [3.05, 3.63) is 68.4 Å². The number of urea groups is 1. The molecule has 1 aliphatic heterocycles. The van der Waals surface area contributed by atoms with Crippen LogP contribution in [-0.2, 0) is 4.79 Å². The van der Waals surface area contributed by atoms with Gasteiger partial charge in [0, 0.05) is 8.59 Å². The third-order valence-corrected chi connectivity index (χ3v) is 4.08. The van der Waals surface area contributed by atoms with Gasteiger partial charge in [0.2, 0.25) is 0 Å². The van der Waals surface area contributed by atoms with Crippen LogP contribution in [0.3, 0.4) is 0 Å². The summed E-state index contributed by atoms with van der Waals surface area (Å²) in [7, 11) is 0. The first kappa shape index (κ1) is 15.1. The number of hydrogen-bond donors (Lipinski definition) is 1. The molecule has 1 saturated heterocycles. The number of benzene rings is 2. The molecule has 6 heteroatoms. The Hall–Kier alpha value is -1.86. The second kappa shape index (κ2) is 6.10. The number of nitrogens with one attached hydrogen (secondary N) is 1. The van der Waals surface area contributed by atoms with Gasteiger partial charge in [-0.25, -0.2) is 9.69 Å². The molecule has 1 fully saturated rings. The minimum atomic E-state index is -0.482. The SMILES string of the molecule is O=C1NC(=Cc2ccc(I)cc2)C(=O)N1c1cccc(Cl)c1. The second-order valence-electron chi connectivity index (χ2n) is 4.66. The van der Waals surface area contributed by atoms with Crippen molar-refractivity contribution >= 4 is 57.9 Å². The van der Waals surface area contributed by atoms with E-state index in [2.05, 4.69) is 27.9 Å². The fraction of sp³-hybridized carbons (Fsp3) is 0. The Morgan fingerprint density at radius 3 is 2.50 bits per heavy atom. The number of rotatable bonds is 2. The molecular weight excluding hydrogens is 415 g/mol. The van der Waals surface area contributed by atoms with Crippen molar-refractivity contribution in [3.8, 4) is 0 Å². The highest BCUT2D eigenvalue weighted by atomic mass is 127. The van der Waals surface area contributed by atoms with E-state index in [1.165, 1.54) is 0 Å². The first-order valence-electron chi connectivity index (χ1n) is 6.43. The summed E-state index contributed by atoms with van der Waals surface area (Å²) in [5.74, 6) is -0.397. The molecule has 3 rings (SSSR count). The highest BCUT2D eigenvalue weighted by molar-refractivity contribution is 14.1. The molecule has 1 aliphatic rings. The van der Waals surface area contributed by atoms with Gasteiger partial charge in [0.25, 0.3) is 5.91 Å². The van der Waals surface area contributed by atoms with E-state index in [1.807, 2.05) is 24.3 Å². The highest BCUT2D eigenvalue weighted by Crippen LogP contribution is 2.24. The molecule has 110 valence electrons. The Morgan fingerprint density at radius 2 is 1.82 bits per heavy atom. The van der Waals surface area contributed by atoms with Gasteiger partial charge in [-0.15, -0.1) is 0 Å². The molecule has 0 saturated carbocycles. The number of halogens is 2. The molecule has 0 aromatic heterocycles. The van der Waals surface area contributed by atoms with Gasteiger partial charge in [0.05, 0.1) is 5.69 Å². The second-order valence-corrected chi connectivity index (χ2v) is 6.34. The van der Waals surface area contributed by atoms with E-state index in [0.717, 1.165) is 14.0 Å². The van der Waals surface area contributed by atoms with Crippen LogP contribution in [-0.4, -0.2) is 11.9 Å². The molecule has 2 aromatic carbocycles. The molecule has 4 nitrogen and oxygen atoms in total. The summed E-state index contributed by atoms with van der Waals surface area (Å²) in [6.45, 7) is 0. The van der Waals surface area contributed by atoms with Crippen LogP contribution in [0, 0.1) is 3.57 Å². The summed E-state index contributed by atoms with van der Waals surface area (Å²) >= 11 is 8.12. The zero-order valence-electron chi connectivity index (χ0n) is 11.2. The van der Waals surface area contributed by atoms with E-state index < -0.39 is 11.9 Å². The van der Waals surface area contributed by atoms with Crippen molar-refractivity contribution in [1.82, 2.24) is 5.32 Å². The Balaban J connectivity index is 1.93. The maximum atomic E-state index is 12.4. The van der Waals surface area contributed by atoms with Gasteiger partial charge in [0.1, 0.15) is 5.70 Å². The van der Waals surface area contributed by atoms with Gasteiger partial charge in [-0.05, 0) is 64.6 Å². The number of carbonyl (C=O) groups excluding carboxylic acids is 2. The molecule has 3 amide bonds. The van der Waals surface area contributed by atoms with Crippen LogP contribution in [0.25, 0.3) is 6.08 Å². The predicted molar refractivity (Wildman–Crippen MR) is 94.6 cm³/mol. The Kier molecular flexibility index (Phi) is 4.17. The minimum Gasteiger partial charge on any atom is -0.302 e. The van der Waals surface area contributed by atoms with E-state index in [0.29, 0.717) is 10.7 Å². The Morgan fingerprint density at radius 1 is 1.09 bits per heavy atom. The minimum absolute atomic E-state index is 0.242. The average Bonchev–Trinajstić information content (AvgIpc) is 2.76. The third-order valence-electron chi connectivity index (χ3n) is 3.13. The van der Waals surface area contributed by atoms with Crippen LogP contribution < -0.4 is 10.2 Å². The smallest absolute Gasteiger partial charge is 0.302 e. The summed E-state index contributed by atoms with van der Waals surface area (Å²) in [5.41, 5.74) is 1.53. The van der Waals surface area contributed by atoms with Crippen molar-refractivity contribution in [3.63, 3.8) is 0 Å².